The molecule has 0 spiro atoms. The quantitative estimate of drug-likeness (QED) is 0.780. The molecule has 4 heteroatoms. The standard InChI is InChI=1S/C9H9Cl2NO/c10-8-2-1-6(3-9(8)11)12-4-7(13)5-12/h1-3,7,13H,4-5H2. The zero-order valence-electron chi connectivity index (χ0n) is 6.87. The number of nitrogens with zero attached hydrogens (tertiary/aromatic N) is 1. The fraction of sp³-hybridized carbons (Fsp3) is 0.333. The van der Waals surface area contributed by atoms with Crippen LogP contribution >= 0.6 is 23.2 Å². The highest BCUT2D eigenvalue weighted by Gasteiger charge is 2.24. The third kappa shape index (κ3) is 1.75. The molecule has 0 unspecified atom stereocenters. The largest absolute Gasteiger partial charge is 0.389 e. The van der Waals surface area contributed by atoms with Crippen LogP contribution in [-0.2, 0) is 0 Å². The Morgan fingerprint density at radius 3 is 2.46 bits per heavy atom. The van der Waals surface area contributed by atoms with Gasteiger partial charge in [0.25, 0.3) is 0 Å². The van der Waals surface area contributed by atoms with Gasteiger partial charge in [-0.05, 0) is 18.2 Å². The van der Waals surface area contributed by atoms with E-state index in [1.165, 1.54) is 0 Å². The maximum absolute atomic E-state index is 9.10. The van der Waals surface area contributed by atoms with Gasteiger partial charge in [0.05, 0.1) is 16.1 Å². The van der Waals surface area contributed by atoms with Crippen LogP contribution in [0.25, 0.3) is 0 Å². The van der Waals surface area contributed by atoms with E-state index in [4.69, 9.17) is 28.3 Å². The highest BCUT2D eigenvalue weighted by molar-refractivity contribution is 6.42. The molecular formula is C9H9Cl2NO. The van der Waals surface area contributed by atoms with E-state index in [9.17, 15) is 0 Å². The SMILES string of the molecule is OC1CN(c2ccc(Cl)c(Cl)c2)C1. The predicted octanol–water partition coefficient (Wildman–Crippen LogP) is 2.17. The van der Waals surface area contributed by atoms with Gasteiger partial charge in [-0.3, -0.25) is 0 Å². The number of hydrogen-bond acceptors (Lipinski definition) is 2. The summed E-state index contributed by atoms with van der Waals surface area (Å²) in [6.45, 7) is 1.36. The molecule has 2 rings (SSSR count). The molecular weight excluding hydrogens is 209 g/mol. The predicted molar refractivity (Wildman–Crippen MR) is 54.7 cm³/mol. The van der Waals surface area contributed by atoms with Crippen molar-refractivity contribution in [3.63, 3.8) is 0 Å². The summed E-state index contributed by atoms with van der Waals surface area (Å²) in [5.74, 6) is 0. The molecule has 1 heterocycles. The molecule has 1 aromatic carbocycles. The van der Waals surface area contributed by atoms with Gasteiger partial charge in [0.15, 0.2) is 0 Å². The van der Waals surface area contributed by atoms with Crippen LogP contribution in [0.1, 0.15) is 0 Å². The molecule has 2 nitrogen and oxygen atoms in total. The third-order valence-electron chi connectivity index (χ3n) is 2.13. The molecule has 0 amide bonds. The van der Waals surface area contributed by atoms with Crippen molar-refractivity contribution in [2.75, 3.05) is 18.0 Å². The van der Waals surface area contributed by atoms with Crippen LogP contribution in [0.5, 0.6) is 0 Å². The number of halogens is 2. The van der Waals surface area contributed by atoms with Gasteiger partial charge >= 0.3 is 0 Å². The minimum Gasteiger partial charge on any atom is -0.389 e. The molecule has 1 saturated heterocycles. The Hall–Kier alpha value is -0.440. The van der Waals surface area contributed by atoms with E-state index in [0.717, 1.165) is 5.69 Å². The minimum absolute atomic E-state index is 0.200. The Labute approximate surface area is 86.7 Å². The lowest BCUT2D eigenvalue weighted by atomic mass is 10.1. The Balaban J connectivity index is 2.18. The molecule has 0 atom stereocenters. The Bertz CT molecular complexity index is 323. The zero-order chi connectivity index (χ0) is 9.42. The van der Waals surface area contributed by atoms with E-state index in [2.05, 4.69) is 0 Å². The molecule has 70 valence electrons. The van der Waals surface area contributed by atoms with Gasteiger partial charge in [-0.1, -0.05) is 23.2 Å². The summed E-state index contributed by atoms with van der Waals surface area (Å²) in [7, 11) is 0. The molecule has 0 bridgehead atoms. The third-order valence-corrected chi connectivity index (χ3v) is 2.87. The van der Waals surface area contributed by atoms with E-state index in [-0.39, 0.29) is 6.10 Å². The molecule has 1 aliphatic heterocycles. The van der Waals surface area contributed by atoms with Crippen molar-refractivity contribution in [3.05, 3.63) is 28.2 Å². The lowest BCUT2D eigenvalue weighted by Crippen LogP contribution is -2.50. The number of β-amino-alcohol motifs (C(OH)–C–C–N with tert-alkyl or cyclic N) is 1. The molecule has 1 aromatic rings. The average molecular weight is 218 g/mol. The van der Waals surface area contributed by atoms with E-state index in [0.29, 0.717) is 23.1 Å². The number of aliphatic hydroxyl groups is 1. The van der Waals surface area contributed by atoms with Gasteiger partial charge in [0.1, 0.15) is 0 Å². The van der Waals surface area contributed by atoms with E-state index < -0.39 is 0 Å². The number of aliphatic hydroxyl groups excluding tert-OH is 1. The normalized spacial score (nSPS) is 17.3. The molecule has 0 aromatic heterocycles. The Morgan fingerprint density at radius 2 is 1.92 bits per heavy atom. The van der Waals surface area contributed by atoms with Crippen molar-refractivity contribution >= 4 is 28.9 Å². The highest BCUT2D eigenvalue weighted by Crippen LogP contribution is 2.29. The number of rotatable bonds is 1. The topological polar surface area (TPSA) is 23.5 Å². The lowest BCUT2D eigenvalue weighted by molar-refractivity contribution is 0.142. The first-order valence-corrected chi connectivity index (χ1v) is 4.80. The second kappa shape index (κ2) is 3.37. The minimum atomic E-state index is -0.200. The Kier molecular flexibility index (Phi) is 2.37. The van der Waals surface area contributed by atoms with Crippen LogP contribution in [0.2, 0.25) is 10.0 Å². The second-order valence-electron chi connectivity index (χ2n) is 3.16. The summed E-state index contributed by atoms with van der Waals surface area (Å²) >= 11 is 11.6. The van der Waals surface area contributed by atoms with E-state index in [1.807, 2.05) is 17.0 Å². The van der Waals surface area contributed by atoms with Crippen LogP contribution < -0.4 is 4.90 Å². The van der Waals surface area contributed by atoms with Gasteiger partial charge in [-0.15, -0.1) is 0 Å². The fourth-order valence-corrected chi connectivity index (χ4v) is 1.64. The molecule has 1 N–H and O–H groups in total. The van der Waals surface area contributed by atoms with Crippen LogP contribution in [0, 0.1) is 0 Å². The first-order valence-electron chi connectivity index (χ1n) is 4.05. The summed E-state index contributed by atoms with van der Waals surface area (Å²) in [6.07, 6.45) is -0.200. The summed E-state index contributed by atoms with van der Waals surface area (Å²) in [5, 5.41) is 10.2. The Morgan fingerprint density at radius 1 is 1.23 bits per heavy atom. The van der Waals surface area contributed by atoms with Crippen LogP contribution in [0.3, 0.4) is 0 Å². The monoisotopic (exact) mass is 217 g/mol. The van der Waals surface area contributed by atoms with Crippen molar-refractivity contribution < 1.29 is 5.11 Å². The van der Waals surface area contributed by atoms with Gasteiger partial charge in [0, 0.05) is 18.8 Å². The van der Waals surface area contributed by atoms with Crippen molar-refractivity contribution in [2.45, 2.75) is 6.10 Å². The highest BCUT2D eigenvalue weighted by atomic mass is 35.5. The molecule has 1 fully saturated rings. The maximum atomic E-state index is 9.10. The average Bonchev–Trinajstić information content (AvgIpc) is 2.05. The maximum Gasteiger partial charge on any atom is 0.0889 e. The molecule has 0 saturated carbocycles. The van der Waals surface area contributed by atoms with Crippen molar-refractivity contribution in [3.8, 4) is 0 Å². The van der Waals surface area contributed by atoms with Crippen molar-refractivity contribution in [1.82, 2.24) is 0 Å². The van der Waals surface area contributed by atoms with Gasteiger partial charge in [-0.25, -0.2) is 0 Å². The van der Waals surface area contributed by atoms with Gasteiger partial charge < -0.3 is 10.0 Å². The van der Waals surface area contributed by atoms with Crippen LogP contribution in [0.4, 0.5) is 5.69 Å². The second-order valence-corrected chi connectivity index (χ2v) is 3.97. The van der Waals surface area contributed by atoms with Crippen LogP contribution in [-0.4, -0.2) is 24.3 Å². The van der Waals surface area contributed by atoms with E-state index in [1.54, 1.807) is 6.07 Å². The lowest BCUT2D eigenvalue weighted by Gasteiger charge is -2.37. The molecule has 1 aliphatic rings. The van der Waals surface area contributed by atoms with Crippen LogP contribution in [0.15, 0.2) is 18.2 Å². The first kappa shape index (κ1) is 9.13. The smallest absolute Gasteiger partial charge is 0.0889 e. The summed E-state index contributed by atoms with van der Waals surface area (Å²) in [4.78, 5) is 2.05. The first-order chi connectivity index (χ1) is 6.16. The summed E-state index contributed by atoms with van der Waals surface area (Å²) in [5.41, 5.74) is 1.01. The summed E-state index contributed by atoms with van der Waals surface area (Å²) in [6, 6.07) is 5.49. The number of benzene rings is 1. The zero-order valence-corrected chi connectivity index (χ0v) is 8.39. The summed E-state index contributed by atoms with van der Waals surface area (Å²) < 4.78 is 0. The molecule has 13 heavy (non-hydrogen) atoms. The van der Waals surface area contributed by atoms with Crippen molar-refractivity contribution in [1.29, 1.82) is 0 Å². The molecule has 0 aliphatic carbocycles. The molecule has 0 radical (unpaired) electrons. The fourth-order valence-electron chi connectivity index (χ4n) is 1.35. The van der Waals surface area contributed by atoms with E-state index >= 15 is 0 Å². The van der Waals surface area contributed by atoms with Gasteiger partial charge in [-0.2, -0.15) is 0 Å². The van der Waals surface area contributed by atoms with Crippen molar-refractivity contribution in [2.24, 2.45) is 0 Å². The number of hydrogen-bond donors (Lipinski definition) is 1. The number of anilines is 1. The van der Waals surface area contributed by atoms with Gasteiger partial charge in [0.2, 0.25) is 0 Å².